The minimum atomic E-state index is -4.38. The number of rotatable bonds is 3. The summed E-state index contributed by atoms with van der Waals surface area (Å²) in [4.78, 5) is 12.4. The second-order valence-corrected chi connectivity index (χ2v) is 6.47. The summed E-state index contributed by atoms with van der Waals surface area (Å²) in [5.41, 5.74) is 0.233. The molecule has 3 heterocycles. The van der Waals surface area contributed by atoms with Gasteiger partial charge in [0, 0.05) is 12.6 Å². The highest BCUT2D eigenvalue weighted by molar-refractivity contribution is 5.95. The van der Waals surface area contributed by atoms with Gasteiger partial charge in [-0.15, -0.1) is 0 Å². The molecule has 4 rings (SSSR count). The van der Waals surface area contributed by atoms with Crippen molar-refractivity contribution in [3.05, 3.63) is 42.2 Å². The van der Waals surface area contributed by atoms with Gasteiger partial charge < -0.3 is 15.4 Å². The highest BCUT2D eigenvalue weighted by Crippen LogP contribution is 2.30. The van der Waals surface area contributed by atoms with E-state index in [0.717, 1.165) is 25.2 Å². The summed E-state index contributed by atoms with van der Waals surface area (Å²) in [5.74, 6) is -0.171. The van der Waals surface area contributed by atoms with Crippen molar-refractivity contribution >= 4 is 11.6 Å². The van der Waals surface area contributed by atoms with Crippen LogP contribution in [0.4, 0.5) is 18.9 Å². The first-order chi connectivity index (χ1) is 12.4. The number of carbonyl (C=O) groups excluding carboxylic acids is 1. The lowest BCUT2D eigenvalue weighted by Gasteiger charge is -2.11. The van der Waals surface area contributed by atoms with Crippen LogP contribution < -0.4 is 10.6 Å². The second kappa shape index (κ2) is 6.40. The van der Waals surface area contributed by atoms with E-state index in [1.54, 1.807) is 6.20 Å². The van der Waals surface area contributed by atoms with Crippen molar-refractivity contribution in [3.63, 3.8) is 0 Å². The second-order valence-electron chi connectivity index (χ2n) is 6.47. The highest BCUT2D eigenvalue weighted by Gasteiger charge is 2.40. The van der Waals surface area contributed by atoms with E-state index in [2.05, 4.69) is 15.7 Å². The number of aromatic nitrogens is 2. The lowest BCUT2D eigenvalue weighted by atomic mass is 10.1. The molecule has 1 amide bonds. The quantitative estimate of drug-likeness (QED) is 0.875. The SMILES string of the molecule is O=C(Nc1cnn(-c2ccc(C(F)(F)F)cc2)c1)[C@@H]1C[C@@H]2OCC[C@@H]2N1. The molecule has 2 N–H and O–H groups in total. The van der Waals surface area contributed by atoms with Gasteiger partial charge in [-0.1, -0.05) is 0 Å². The normalized spacial score (nSPS) is 25.3. The van der Waals surface area contributed by atoms with Crippen molar-refractivity contribution in [2.75, 3.05) is 11.9 Å². The molecule has 1 aromatic heterocycles. The molecule has 0 aliphatic carbocycles. The Hall–Kier alpha value is -2.39. The van der Waals surface area contributed by atoms with E-state index < -0.39 is 11.7 Å². The van der Waals surface area contributed by atoms with E-state index in [4.69, 9.17) is 4.74 Å². The molecule has 0 spiro atoms. The van der Waals surface area contributed by atoms with Crippen LogP contribution in [0.2, 0.25) is 0 Å². The van der Waals surface area contributed by atoms with Crippen molar-refractivity contribution in [2.45, 2.75) is 37.2 Å². The maximum absolute atomic E-state index is 12.6. The Morgan fingerprint density at radius 1 is 1.31 bits per heavy atom. The van der Waals surface area contributed by atoms with Crippen molar-refractivity contribution in [3.8, 4) is 5.69 Å². The third-order valence-electron chi connectivity index (χ3n) is 4.72. The van der Waals surface area contributed by atoms with E-state index >= 15 is 0 Å². The molecular weight excluding hydrogens is 349 g/mol. The molecule has 2 saturated heterocycles. The number of nitrogens with one attached hydrogen (secondary N) is 2. The van der Waals surface area contributed by atoms with E-state index in [-0.39, 0.29) is 24.1 Å². The average Bonchev–Trinajstić information content (AvgIpc) is 3.29. The van der Waals surface area contributed by atoms with Gasteiger partial charge in [-0.05, 0) is 37.1 Å². The Morgan fingerprint density at radius 3 is 2.77 bits per heavy atom. The zero-order valence-electron chi connectivity index (χ0n) is 13.7. The largest absolute Gasteiger partial charge is 0.416 e. The molecule has 2 aliphatic heterocycles. The first-order valence-corrected chi connectivity index (χ1v) is 8.31. The summed E-state index contributed by atoms with van der Waals surface area (Å²) in [6.07, 6.45) is 0.261. The molecule has 0 unspecified atom stereocenters. The maximum atomic E-state index is 12.6. The van der Waals surface area contributed by atoms with Crippen LogP contribution in [0, 0.1) is 0 Å². The molecule has 138 valence electrons. The van der Waals surface area contributed by atoms with Gasteiger partial charge in [-0.3, -0.25) is 4.79 Å². The molecular formula is C17H17F3N4O2. The first-order valence-electron chi connectivity index (χ1n) is 8.31. The Kier molecular flexibility index (Phi) is 4.20. The molecule has 0 saturated carbocycles. The fourth-order valence-corrected chi connectivity index (χ4v) is 3.37. The Morgan fingerprint density at radius 2 is 2.08 bits per heavy atom. The number of hydrogen-bond donors (Lipinski definition) is 2. The van der Waals surface area contributed by atoms with E-state index in [1.807, 2.05) is 0 Å². The predicted octanol–water partition coefficient (Wildman–Crippen LogP) is 2.35. The molecule has 26 heavy (non-hydrogen) atoms. The molecule has 3 atom stereocenters. The van der Waals surface area contributed by atoms with E-state index in [9.17, 15) is 18.0 Å². The monoisotopic (exact) mass is 366 g/mol. The molecule has 2 aromatic rings. The van der Waals surface area contributed by atoms with Gasteiger partial charge >= 0.3 is 6.18 Å². The van der Waals surface area contributed by atoms with Crippen LogP contribution in [0.25, 0.3) is 5.69 Å². The molecule has 1 aromatic carbocycles. The van der Waals surface area contributed by atoms with Gasteiger partial charge in [0.05, 0.1) is 41.5 Å². The average molecular weight is 366 g/mol. The van der Waals surface area contributed by atoms with Crippen molar-refractivity contribution in [1.82, 2.24) is 15.1 Å². The van der Waals surface area contributed by atoms with Gasteiger partial charge in [-0.25, -0.2) is 4.68 Å². The number of hydrogen-bond acceptors (Lipinski definition) is 4. The molecule has 2 aliphatic rings. The van der Waals surface area contributed by atoms with Crippen LogP contribution in [0.15, 0.2) is 36.7 Å². The number of carbonyl (C=O) groups is 1. The minimum absolute atomic E-state index is 0.0839. The maximum Gasteiger partial charge on any atom is 0.416 e. The minimum Gasteiger partial charge on any atom is -0.376 e. The van der Waals surface area contributed by atoms with E-state index in [0.29, 0.717) is 17.8 Å². The topological polar surface area (TPSA) is 68.2 Å². The summed E-state index contributed by atoms with van der Waals surface area (Å²) in [5, 5.41) is 10.1. The summed E-state index contributed by atoms with van der Waals surface area (Å²) >= 11 is 0. The molecule has 0 bridgehead atoms. The Bertz CT molecular complexity index is 791. The van der Waals surface area contributed by atoms with Crippen LogP contribution >= 0.6 is 0 Å². The van der Waals surface area contributed by atoms with Gasteiger partial charge in [0.2, 0.25) is 5.91 Å². The van der Waals surface area contributed by atoms with Gasteiger partial charge in [0.15, 0.2) is 0 Å². The lowest BCUT2D eigenvalue weighted by molar-refractivity contribution is -0.137. The van der Waals surface area contributed by atoms with Crippen LogP contribution in [0.3, 0.4) is 0 Å². The number of nitrogens with zero attached hydrogens (tertiary/aromatic N) is 2. The van der Waals surface area contributed by atoms with Gasteiger partial charge in [-0.2, -0.15) is 18.3 Å². The van der Waals surface area contributed by atoms with Crippen LogP contribution in [0.5, 0.6) is 0 Å². The number of ether oxygens (including phenoxy) is 1. The third-order valence-corrected chi connectivity index (χ3v) is 4.72. The number of amides is 1. The highest BCUT2D eigenvalue weighted by atomic mass is 19.4. The van der Waals surface area contributed by atoms with Gasteiger partial charge in [0.1, 0.15) is 0 Å². The Balaban J connectivity index is 1.41. The third kappa shape index (κ3) is 3.32. The van der Waals surface area contributed by atoms with E-state index in [1.165, 1.54) is 23.0 Å². The van der Waals surface area contributed by atoms with Crippen LogP contribution in [-0.4, -0.2) is 40.5 Å². The Labute approximate surface area is 147 Å². The van der Waals surface area contributed by atoms with Crippen LogP contribution in [-0.2, 0) is 15.7 Å². The fraction of sp³-hybridized carbons (Fsp3) is 0.412. The molecule has 0 radical (unpaired) electrons. The first kappa shape index (κ1) is 17.0. The predicted molar refractivity (Wildman–Crippen MR) is 86.9 cm³/mol. The zero-order valence-corrected chi connectivity index (χ0v) is 13.7. The number of anilines is 1. The number of halogens is 3. The number of fused-ring (bicyclic) bond motifs is 1. The number of alkyl halides is 3. The van der Waals surface area contributed by atoms with Gasteiger partial charge in [0.25, 0.3) is 0 Å². The molecule has 6 nitrogen and oxygen atoms in total. The summed E-state index contributed by atoms with van der Waals surface area (Å²) in [6, 6.07) is 4.56. The van der Waals surface area contributed by atoms with Crippen molar-refractivity contribution in [1.29, 1.82) is 0 Å². The summed E-state index contributed by atoms with van der Waals surface area (Å²) in [6.45, 7) is 0.719. The molecule has 9 heteroatoms. The smallest absolute Gasteiger partial charge is 0.376 e. The molecule has 2 fully saturated rings. The van der Waals surface area contributed by atoms with Crippen molar-refractivity contribution < 1.29 is 22.7 Å². The summed E-state index contributed by atoms with van der Waals surface area (Å²) < 4.78 is 44.8. The zero-order chi connectivity index (χ0) is 18.3. The summed E-state index contributed by atoms with van der Waals surface area (Å²) in [7, 11) is 0. The number of benzene rings is 1. The van der Waals surface area contributed by atoms with Crippen molar-refractivity contribution in [2.24, 2.45) is 0 Å². The standard InChI is InChI=1S/C17H17F3N4O2/c18-17(19,20)10-1-3-12(4-2-10)24-9-11(8-21-24)22-16(25)14-7-15-13(23-14)5-6-26-15/h1-4,8-9,13-15,23H,5-7H2,(H,22,25)/t13-,14-,15-/m0/s1. The van der Waals surface area contributed by atoms with Crippen LogP contribution in [0.1, 0.15) is 18.4 Å². The fourth-order valence-electron chi connectivity index (χ4n) is 3.37. The lowest BCUT2D eigenvalue weighted by Crippen LogP contribution is -2.39.